The summed E-state index contributed by atoms with van der Waals surface area (Å²) in [5, 5.41) is 4.57. The lowest BCUT2D eigenvalue weighted by molar-refractivity contribution is 0.357. The fourth-order valence-corrected chi connectivity index (χ4v) is 3.73. The second-order valence-corrected chi connectivity index (χ2v) is 9.01. The van der Waals surface area contributed by atoms with Gasteiger partial charge in [-0.25, -0.2) is 17.5 Å². The third-order valence-electron chi connectivity index (χ3n) is 4.03. The first-order valence-corrected chi connectivity index (χ1v) is 10.1. The Bertz CT molecular complexity index is 1020. The first-order valence-electron chi connectivity index (χ1n) is 8.57. The lowest BCUT2D eigenvalue weighted by Crippen LogP contribution is -2.26. The van der Waals surface area contributed by atoms with Crippen LogP contribution in [0.25, 0.3) is 11.3 Å². The van der Waals surface area contributed by atoms with Gasteiger partial charge in [-0.15, -0.1) is 0 Å². The summed E-state index contributed by atoms with van der Waals surface area (Å²) >= 11 is 0. The molecule has 0 aliphatic heterocycles. The number of benzene rings is 2. The Morgan fingerprint density at radius 1 is 1.04 bits per heavy atom. The minimum atomic E-state index is -3.62. The highest BCUT2D eigenvalue weighted by molar-refractivity contribution is 7.89. The third-order valence-corrected chi connectivity index (χ3v) is 5.45. The SMILES string of the molecule is CC(C)(C)n1nc(CNS(=O)(=O)c2ccccc2)cc1-c1ccc(F)cc1. The Morgan fingerprint density at radius 2 is 1.67 bits per heavy atom. The van der Waals surface area contributed by atoms with Crippen LogP contribution in [0.4, 0.5) is 4.39 Å². The molecule has 1 aromatic heterocycles. The summed E-state index contributed by atoms with van der Waals surface area (Å²) in [6.45, 7) is 6.08. The van der Waals surface area contributed by atoms with E-state index in [1.807, 2.05) is 31.5 Å². The quantitative estimate of drug-likeness (QED) is 0.722. The van der Waals surface area contributed by atoms with Crippen molar-refractivity contribution in [1.82, 2.24) is 14.5 Å². The predicted molar refractivity (Wildman–Crippen MR) is 103 cm³/mol. The maximum Gasteiger partial charge on any atom is 0.240 e. The van der Waals surface area contributed by atoms with E-state index in [4.69, 9.17) is 0 Å². The van der Waals surface area contributed by atoms with E-state index in [2.05, 4.69) is 9.82 Å². The Hall–Kier alpha value is -2.51. The number of aromatic nitrogens is 2. The Kier molecular flexibility index (Phi) is 5.17. The summed E-state index contributed by atoms with van der Waals surface area (Å²) in [4.78, 5) is 0.207. The van der Waals surface area contributed by atoms with Crippen LogP contribution in [0.1, 0.15) is 26.5 Å². The van der Waals surface area contributed by atoms with E-state index >= 15 is 0 Å². The zero-order valence-corrected chi connectivity index (χ0v) is 16.3. The molecule has 0 atom stereocenters. The van der Waals surface area contributed by atoms with Crippen LogP contribution in [0.5, 0.6) is 0 Å². The maximum atomic E-state index is 13.3. The second-order valence-electron chi connectivity index (χ2n) is 7.25. The second kappa shape index (κ2) is 7.25. The van der Waals surface area contributed by atoms with Crippen LogP contribution in [0.2, 0.25) is 0 Å². The van der Waals surface area contributed by atoms with Crippen molar-refractivity contribution in [3.05, 3.63) is 72.2 Å². The standard InChI is InChI=1S/C20H22FN3O2S/c1-20(2,3)24-19(15-9-11-16(21)12-10-15)13-17(23-24)14-22-27(25,26)18-7-5-4-6-8-18/h4-13,22H,14H2,1-3H3. The normalized spacial score (nSPS) is 12.3. The molecule has 2 aromatic carbocycles. The van der Waals surface area contributed by atoms with E-state index in [1.165, 1.54) is 12.1 Å². The molecule has 1 N–H and O–H groups in total. The van der Waals surface area contributed by atoms with Crippen molar-refractivity contribution >= 4 is 10.0 Å². The molecule has 1 heterocycles. The van der Waals surface area contributed by atoms with Gasteiger partial charge in [0, 0.05) is 5.56 Å². The van der Waals surface area contributed by atoms with Crippen LogP contribution in [0.3, 0.4) is 0 Å². The van der Waals surface area contributed by atoms with E-state index in [1.54, 1.807) is 42.5 Å². The highest BCUT2D eigenvalue weighted by Gasteiger charge is 2.21. The van der Waals surface area contributed by atoms with Gasteiger partial charge in [0.15, 0.2) is 0 Å². The fourth-order valence-electron chi connectivity index (χ4n) is 2.71. The molecule has 0 fully saturated rings. The smallest absolute Gasteiger partial charge is 0.240 e. The lowest BCUT2D eigenvalue weighted by Gasteiger charge is -2.22. The minimum absolute atomic E-state index is 0.0640. The average Bonchev–Trinajstić information content (AvgIpc) is 3.06. The molecule has 0 aliphatic carbocycles. The van der Waals surface area contributed by atoms with Gasteiger partial charge < -0.3 is 0 Å². The zero-order chi connectivity index (χ0) is 19.7. The van der Waals surface area contributed by atoms with Crippen LogP contribution in [-0.4, -0.2) is 18.2 Å². The van der Waals surface area contributed by atoms with Crippen LogP contribution in [-0.2, 0) is 22.1 Å². The molecule has 0 spiro atoms. The van der Waals surface area contributed by atoms with Crippen molar-refractivity contribution < 1.29 is 12.8 Å². The molecular weight excluding hydrogens is 365 g/mol. The number of hydrogen-bond acceptors (Lipinski definition) is 3. The molecule has 0 radical (unpaired) electrons. The van der Waals surface area contributed by atoms with Gasteiger partial charge in [-0.2, -0.15) is 5.10 Å². The van der Waals surface area contributed by atoms with Gasteiger partial charge in [0.05, 0.1) is 28.4 Å². The first kappa shape index (κ1) is 19.3. The summed E-state index contributed by atoms with van der Waals surface area (Å²) in [6.07, 6.45) is 0. The highest BCUT2D eigenvalue weighted by atomic mass is 32.2. The molecule has 0 saturated heterocycles. The molecule has 3 aromatic rings. The number of nitrogens with one attached hydrogen (secondary N) is 1. The molecule has 7 heteroatoms. The summed E-state index contributed by atoms with van der Waals surface area (Å²) in [5.41, 5.74) is 1.89. The van der Waals surface area contributed by atoms with Gasteiger partial charge in [-0.3, -0.25) is 4.68 Å². The highest BCUT2D eigenvalue weighted by Crippen LogP contribution is 2.27. The Balaban J connectivity index is 1.90. The summed E-state index contributed by atoms with van der Waals surface area (Å²) in [5.74, 6) is -0.309. The first-order chi connectivity index (χ1) is 12.7. The van der Waals surface area contributed by atoms with Crippen LogP contribution < -0.4 is 4.72 Å². The maximum absolute atomic E-state index is 13.3. The summed E-state index contributed by atoms with van der Waals surface area (Å²) in [7, 11) is -3.62. The molecular formula is C20H22FN3O2S. The lowest BCUT2D eigenvalue weighted by atomic mass is 10.1. The van der Waals surface area contributed by atoms with Crippen molar-refractivity contribution in [2.75, 3.05) is 0 Å². The minimum Gasteiger partial charge on any atom is -0.259 e. The van der Waals surface area contributed by atoms with Crippen molar-refractivity contribution in [3.63, 3.8) is 0 Å². The van der Waals surface area contributed by atoms with Gasteiger partial charge in [-0.1, -0.05) is 18.2 Å². The monoisotopic (exact) mass is 387 g/mol. The molecule has 0 unspecified atom stereocenters. The third kappa shape index (κ3) is 4.43. The van der Waals surface area contributed by atoms with Gasteiger partial charge in [0.1, 0.15) is 5.82 Å². The molecule has 0 bridgehead atoms. The van der Waals surface area contributed by atoms with Crippen molar-refractivity contribution in [2.24, 2.45) is 0 Å². The van der Waals surface area contributed by atoms with E-state index in [-0.39, 0.29) is 22.8 Å². The van der Waals surface area contributed by atoms with E-state index in [9.17, 15) is 12.8 Å². The van der Waals surface area contributed by atoms with E-state index < -0.39 is 10.0 Å². The number of nitrogens with zero attached hydrogens (tertiary/aromatic N) is 2. The van der Waals surface area contributed by atoms with Crippen molar-refractivity contribution in [1.29, 1.82) is 0 Å². The largest absolute Gasteiger partial charge is 0.259 e. The average molecular weight is 387 g/mol. The van der Waals surface area contributed by atoms with Gasteiger partial charge in [0.25, 0.3) is 0 Å². The topological polar surface area (TPSA) is 64.0 Å². The van der Waals surface area contributed by atoms with E-state index in [0.29, 0.717) is 5.69 Å². The van der Waals surface area contributed by atoms with Crippen LogP contribution >= 0.6 is 0 Å². The molecule has 0 amide bonds. The summed E-state index contributed by atoms with van der Waals surface area (Å²) < 4.78 is 42.5. The van der Waals surface area contributed by atoms with Gasteiger partial charge >= 0.3 is 0 Å². The molecule has 3 rings (SSSR count). The Morgan fingerprint density at radius 3 is 2.26 bits per heavy atom. The Labute approximate surface area is 158 Å². The summed E-state index contributed by atoms with van der Waals surface area (Å²) in [6, 6.07) is 16.2. The van der Waals surface area contributed by atoms with Crippen LogP contribution in [0, 0.1) is 5.82 Å². The van der Waals surface area contributed by atoms with Gasteiger partial charge in [0.2, 0.25) is 10.0 Å². The number of rotatable bonds is 5. The van der Waals surface area contributed by atoms with Gasteiger partial charge in [-0.05, 0) is 63.2 Å². The van der Waals surface area contributed by atoms with Crippen LogP contribution in [0.15, 0.2) is 65.6 Å². The van der Waals surface area contributed by atoms with E-state index in [0.717, 1.165) is 11.3 Å². The fraction of sp³-hybridized carbons (Fsp3) is 0.250. The number of halogens is 1. The zero-order valence-electron chi connectivity index (χ0n) is 15.5. The van der Waals surface area contributed by atoms with Crippen molar-refractivity contribution in [2.45, 2.75) is 37.8 Å². The number of sulfonamides is 1. The molecule has 142 valence electrons. The molecule has 0 saturated carbocycles. The molecule has 0 aliphatic rings. The molecule has 27 heavy (non-hydrogen) atoms. The molecule has 5 nitrogen and oxygen atoms in total. The number of hydrogen-bond donors (Lipinski definition) is 1. The van der Waals surface area contributed by atoms with Crippen molar-refractivity contribution in [3.8, 4) is 11.3 Å². The predicted octanol–water partition coefficient (Wildman–Crippen LogP) is 3.92.